The number of halogens is 1. The topological polar surface area (TPSA) is 61.7 Å². The van der Waals surface area contributed by atoms with Crippen molar-refractivity contribution >= 4 is 28.7 Å². The predicted octanol–water partition coefficient (Wildman–Crippen LogP) is 1.33. The van der Waals surface area contributed by atoms with Gasteiger partial charge in [0.15, 0.2) is 0 Å². The molecule has 0 aromatic carbocycles. The Kier molecular flexibility index (Phi) is 6.22. The van der Waals surface area contributed by atoms with E-state index >= 15 is 0 Å². The lowest BCUT2D eigenvalue weighted by atomic mass is 10.1. The number of hydrogen-bond acceptors (Lipinski definition) is 3. The summed E-state index contributed by atoms with van der Waals surface area (Å²) in [6.07, 6.45) is 5.50. The van der Waals surface area contributed by atoms with Crippen molar-refractivity contribution in [3.05, 3.63) is 12.2 Å². The molecule has 0 bridgehead atoms. The maximum atomic E-state index is 10.2. The molecule has 0 spiro atoms. The van der Waals surface area contributed by atoms with E-state index in [1.54, 1.807) is 0 Å². The lowest BCUT2D eigenvalue weighted by Crippen LogP contribution is -2.14. The van der Waals surface area contributed by atoms with Gasteiger partial charge in [-0.2, -0.15) is 5.10 Å². The van der Waals surface area contributed by atoms with E-state index in [0.29, 0.717) is 6.42 Å². The van der Waals surface area contributed by atoms with E-state index in [0.717, 1.165) is 18.7 Å². The van der Waals surface area contributed by atoms with Gasteiger partial charge in [-0.25, -0.2) is 0 Å². The van der Waals surface area contributed by atoms with Crippen LogP contribution in [0.2, 0.25) is 0 Å². The monoisotopic (exact) mass is 248 g/mol. The molecule has 2 N–H and O–H groups in total. The fraction of sp³-hybridized carbons (Fsp3) is 0.500. The Balaban J connectivity index is 0.00000144. The minimum atomic E-state index is -0.747. The van der Waals surface area contributed by atoms with Crippen LogP contribution in [0.15, 0.2) is 17.3 Å². The third-order valence-corrected chi connectivity index (χ3v) is 1.57. The zero-order valence-electron chi connectivity index (χ0n) is 7.19. The fourth-order valence-electron chi connectivity index (χ4n) is 0.992. The molecule has 1 rings (SSSR count). The summed E-state index contributed by atoms with van der Waals surface area (Å²) in [6.45, 7) is 0.766. The van der Waals surface area contributed by atoms with Crippen LogP contribution in [0.25, 0.3) is 0 Å². The second kappa shape index (κ2) is 6.65. The second-order valence-electron chi connectivity index (χ2n) is 2.62. The summed E-state index contributed by atoms with van der Waals surface area (Å²) >= 11 is 0. The number of nitrogens with one attached hydrogen (secondary N) is 1. The Morgan fingerprint density at radius 3 is 3.00 bits per heavy atom. The molecule has 4 nitrogen and oxygen atoms in total. The highest BCUT2D eigenvalue weighted by atomic mass is 79.9. The van der Waals surface area contributed by atoms with Crippen molar-refractivity contribution in [1.29, 1.82) is 0 Å². The molecule has 74 valence electrons. The van der Waals surface area contributed by atoms with E-state index in [4.69, 9.17) is 5.11 Å². The summed E-state index contributed by atoms with van der Waals surface area (Å²) in [5.74, 6) is -0.747. The van der Waals surface area contributed by atoms with Crippen LogP contribution in [-0.4, -0.2) is 23.3 Å². The summed E-state index contributed by atoms with van der Waals surface area (Å²) in [5.41, 5.74) is 3.76. The van der Waals surface area contributed by atoms with Gasteiger partial charge in [0.05, 0.1) is 12.3 Å². The van der Waals surface area contributed by atoms with Crippen molar-refractivity contribution in [2.24, 2.45) is 5.10 Å². The number of carboxylic acids is 1. The molecule has 13 heavy (non-hydrogen) atoms. The lowest BCUT2D eigenvalue weighted by Gasteiger charge is -2.05. The van der Waals surface area contributed by atoms with Crippen LogP contribution in [0, 0.1) is 0 Å². The highest BCUT2D eigenvalue weighted by Gasteiger charge is 2.01. The normalized spacial score (nSPS) is 14.0. The maximum Gasteiger partial charge on any atom is 0.303 e. The number of carbonyl (C=O) groups is 1. The molecule has 0 radical (unpaired) electrons. The van der Waals surface area contributed by atoms with Crippen molar-refractivity contribution in [1.82, 2.24) is 5.43 Å². The van der Waals surface area contributed by atoms with Gasteiger partial charge in [-0.1, -0.05) is 6.08 Å². The second-order valence-corrected chi connectivity index (χ2v) is 2.62. The van der Waals surface area contributed by atoms with Crippen molar-refractivity contribution in [2.75, 3.05) is 6.54 Å². The van der Waals surface area contributed by atoms with E-state index in [-0.39, 0.29) is 23.4 Å². The predicted molar refractivity (Wildman–Crippen MR) is 56.4 cm³/mol. The molecule has 1 aliphatic heterocycles. The minimum absolute atomic E-state index is 0. The molecule has 0 aromatic heterocycles. The number of hydrazone groups is 1. The molecule has 0 aliphatic carbocycles. The summed E-state index contributed by atoms with van der Waals surface area (Å²) in [7, 11) is 0. The van der Waals surface area contributed by atoms with Crippen LogP contribution in [0.1, 0.15) is 19.3 Å². The molecule has 5 heteroatoms. The Morgan fingerprint density at radius 1 is 1.69 bits per heavy atom. The first-order valence-corrected chi connectivity index (χ1v) is 3.97. The smallest absolute Gasteiger partial charge is 0.303 e. The van der Waals surface area contributed by atoms with E-state index in [1.165, 1.54) is 0 Å². The Hall–Kier alpha value is -0.840. The van der Waals surface area contributed by atoms with Gasteiger partial charge in [0, 0.05) is 6.42 Å². The molecule has 0 unspecified atom stereocenters. The van der Waals surface area contributed by atoms with Gasteiger partial charge in [-0.3, -0.25) is 4.79 Å². The van der Waals surface area contributed by atoms with Gasteiger partial charge >= 0.3 is 5.97 Å². The highest BCUT2D eigenvalue weighted by Crippen LogP contribution is 2.00. The zero-order valence-corrected chi connectivity index (χ0v) is 8.91. The first-order chi connectivity index (χ1) is 5.79. The lowest BCUT2D eigenvalue weighted by molar-refractivity contribution is -0.137. The van der Waals surface area contributed by atoms with Gasteiger partial charge in [0.2, 0.25) is 0 Å². The highest BCUT2D eigenvalue weighted by molar-refractivity contribution is 8.93. The first kappa shape index (κ1) is 12.2. The molecular weight excluding hydrogens is 236 g/mol. The van der Waals surface area contributed by atoms with Gasteiger partial charge < -0.3 is 10.5 Å². The van der Waals surface area contributed by atoms with Crippen LogP contribution in [0.4, 0.5) is 0 Å². The Morgan fingerprint density at radius 2 is 2.46 bits per heavy atom. The average Bonchev–Trinajstić information content (AvgIpc) is 2.05. The number of allylic oxidation sites excluding steroid dienone is 1. The third-order valence-electron chi connectivity index (χ3n) is 1.57. The summed E-state index contributed by atoms with van der Waals surface area (Å²) in [5, 5.41) is 12.4. The van der Waals surface area contributed by atoms with Crippen molar-refractivity contribution in [3.63, 3.8) is 0 Å². The molecule has 1 aliphatic rings. The first-order valence-electron chi connectivity index (χ1n) is 3.97. The molecular formula is C8H13BrN2O2. The van der Waals surface area contributed by atoms with Crippen LogP contribution in [-0.2, 0) is 4.79 Å². The van der Waals surface area contributed by atoms with E-state index in [1.807, 2.05) is 12.2 Å². The fourth-order valence-corrected chi connectivity index (χ4v) is 0.992. The number of hydrogen-bond donors (Lipinski definition) is 2. The Labute approximate surface area is 87.5 Å². The third kappa shape index (κ3) is 5.41. The summed E-state index contributed by atoms with van der Waals surface area (Å²) < 4.78 is 0. The number of rotatable bonds is 4. The van der Waals surface area contributed by atoms with Crippen molar-refractivity contribution in [3.8, 4) is 0 Å². The number of nitrogens with zero attached hydrogens (tertiary/aromatic N) is 1. The maximum absolute atomic E-state index is 10.2. The SMILES string of the molecule is Br.O=C(O)CCCC1=NNCC=C1. The molecule has 0 aromatic rings. The summed E-state index contributed by atoms with van der Waals surface area (Å²) in [4.78, 5) is 10.2. The van der Waals surface area contributed by atoms with Crippen LogP contribution in [0.3, 0.4) is 0 Å². The zero-order chi connectivity index (χ0) is 8.81. The number of aliphatic carboxylic acids is 1. The van der Waals surface area contributed by atoms with Crippen molar-refractivity contribution < 1.29 is 9.90 Å². The molecule has 1 heterocycles. The average molecular weight is 249 g/mol. The van der Waals surface area contributed by atoms with E-state index in [2.05, 4.69) is 10.5 Å². The molecule has 0 saturated heterocycles. The number of carboxylic acid groups (broad SMARTS) is 1. The molecule has 0 saturated carbocycles. The molecule has 0 amide bonds. The Bertz CT molecular complexity index is 226. The minimum Gasteiger partial charge on any atom is -0.481 e. The largest absolute Gasteiger partial charge is 0.481 e. The molecule has 0 fully saturated rings. The van der Waals surface area contributed by atoms with Gasteiger partial charge in [-0.05, 0) is 18.9 Å². The standard InChI is InChI=1S/C8H12N2O2.BrH/c11-8(12)5-1-3-7-4-2-6-9-10-7;/h2,4,9H,1,3,5-6H2,(H,11,12);1H. The van der Waals surface area contributed by atoms with Crippen LogP contribution in [0.5, 0.6) is 0 Å². The van der Waals surface area contributed by atoms with Crippen LogP contribution < -0.4 is 5.43 Å². The van der Waals surface area contributed by atoms with Crippen LogP contribution >= 0.6 is 17.0 Å². The van der Waals surface area contributed by atoms with Gasteiger partial charge in [-0.15, -0.1) is 17.0 Å². The van der Waals surface area contributed by atoms with Crippen molar-refractivity contribution in [2.45, 2.75) is 19.3 Å². The van der Waals surface area contributed by atoms with Gasteiger partial charge in [0.25, 0.3) is 0 Å². The van der Waals surface area contributed by atoms with Gasteiger partial charge in [0.1, 0.15) is 0 Å². The quantitative estimate of drug-likeness (QED) is 0.790. The molecule has 0 atom stereocenters. The summed E-state index contributed by atoms with van der Waals surface area (Å²) in [6, 6.07) is 0. The van der Waals surface area contributed by atoms with E-state index in [9.17, 15) is 4.79 Å². The van der Waals surface area contributed by atoms with E-state index < -0.39 is 5.97 Å².